The number of rotatable bonds is 40. The number of aliphatic hydroxyl groups is 3. The average molecular weight is 1030 g/mol. The number of allylic oxidation sites excluding steroid dienone is 6. The zero-order valence-electron chi connectivity index (χ0n) is 41.6. The molecule has 2 rings (SSSR count). The number of esters is 2. The number of unbranched alkanes of at least 4 members (excludes halogenated alkanes) is 14. The van der Waals surface area contributed by atoms with Crippen molar-refractivity contribution in [3.8, 4) is 0 Å². The second kappa shape index (κ2) is 36.6. The van der Waals surface area contributed by atoms with E-state index in [1.807, 2.05) is 36.5 Å². The Morgan fingerprint density at radius 3 is 2.10 bits per heavy atom. The maximum atomic E-state index is 12.8. The first-order valence-corrected chi connectivity index (χ1v) is 28.1. The minimum Gasteiger partial charge on any atom is -0.462 e. The molecule has 21 heteroatoms. The van der Waals surface area contributed by atoms with E-state index in [1.165, 1.54) is 63.9 Å². The number of nitrogen functional groups attached to an aromatic ring is 1. The van der Waals surface area contributed by atoms with Crippen molar-refractivity contribution in [1.82, 2.24) is 9.55 Å². The quantitative estimate of drug-likeness (QED) is 0.0117. The maximum Gasteiger partial charge on any atom is 0.481 e. The van der Waals surface area contributed by atoms with Gasteiger partial charge in [-0.05, 0) is 56.9 Å². The van der Waals surface area contributed by atoms with Crippen molar-refractivity contribution in [1.29, 1.82) is 0 Å². The molecule has 1 saturated heterocycles. The minimum absolute atomic E-state index is 0.0599. The highest BCUT2D eigenvalue weighted by molar-refractivity contribution is 7.61. The van der Waals surface area contributed by atoms with Gasteiger partial charge in [-0.15, -0.1) is 0 Å². The molecule has 0 radical (unpaired) electrons. The van der Waals surface area contributed by atoms with Crippen molar-refractivity contribution in [2.45, 2.75) is 199 Å². The molecule has 0 aromatic carbocycles. The van der Waals surface area contributed by atoms with Crippen LogP contribution in [0.1, 0.15) is 168 Å². The third-order valence-electron chi connectivity index (χ3n) is 11.2. The summed E-state index contributed by atoms with van der Waals surface area (Å²) in [5.74, 6) is -0.650. The number of carbonyl (C=O) groups excluding carboxylic acids is 2. The maximum absolute atomic E-state index is 12.8. The molecule has 0 aliphatic carbocycles. The van der Waals surface area contributed by atoms with E-state index in [-0.39, 0.29) is 18.7 Å². The van der Waals surface area contributed by atoms with Crippen LogP contribution in [-0.2, 0) is 46.3 Å². The van der Waals surface area contributed by atoms with E-state index in [2.05, 4.69) is 36.1 Å². The summed E-state index contributed by atoms with van der Waals surface area (Å²) in [6.45, 7) is 4.28. The number of aromatic nitrogens is 2. The van der Waals surface area contributed by atoms with Crippen LogP contribution in [0.15, 0.2) is 65.7 Å². The molecular weight excluding hydrogens is 948 g/mol. The van der Waals surface area contributed by atoms with Crippen LogP contribution in [0, 0.1) is 5.92 Å². The Labute approximate surface area is 414 Å². The highest BCUT2D eigenvalue weighted by atomic mass is 31.3. The molecule has 8 atom stereocenters. The molecular formula is C49H83N3O16P2. The molecule has 2 heterocycles. The Balaban J connectivity index is 1.85. The zero-order valence-corrected chi connectivity index (χ0v) is 43.4. The summed E-state index contributed by atoms with van der Waals surface area (Å²) in [6, 6.07) is 1.24. The van der Waals surface area contributed by atoms with E-state index in [0.29, 0.717) is 32.1 Å². The fourth-order valence-electron chi connectivity index (χ4n) is 7.22. The summed E-state index contributed by atoms with van der Waals surface area (Å²) in [4.78, 5) is 61.8. The van der Waals surface area contributed by atoms with Crippen molar-refractivity contribution < 1.29 is 71.4 Å². The standard InChI is InChI=1S/C49H83N3O16P2/c1-4-5-6-7-14-20-25-30-40(53)31-26-21-16-13-18-23-28-33-45(55)66-41(36-63-44(54)32-27-22-17-12-10-8-9-11-15-19-24-29-39(2)3)37-64-69(59,60)68-70(61,62)65-38-42-46(56)47(57)48(67-42)52-35-34-43(50)51-49(52)58/h13-14,18,20-21,25-26,30,34-35,39-42,46-48,53,56-57H,4-12,15-17,19,22-24,27-29,31-33,36-38H2,1-3H3,(H,59,60)(H,61,62)(H2,50,51,58)/b18-13+,20-14-,26-21-,30-25-/t40-,41+,42+,46+,47+,48+/m0/s1. The largest absolute Gasteiger partial charge is 0.481 e. The van der Waals surface area contributed by atoms with Gasteiger partial charge in [-0.3, -0.25) is 23.2 Å². The van der Waals surface area contributed by atoms with Crippen LogP contribution in [0.25, 0.3) is 0 Å². The summed E-state index contributed by atoms with van der Waals surface area (Å²) >= 11 is 0. The van der Waals surface area contributed by atoms with Gasteiger partial charge in [-0.2, -0.15) is 9.29 Å². The van der Waals surface area contributed by atoms with E-state index in [1.54, 1.807) is 6.08 Å². The van der Waals surface area contributed by atoms with E-state index in [9.17, 15) is 48.6 Å². The first-order chi connectivity index (χ1) is 33.4. The SMILES string of the molecule is CCCCC/C=C\C=C/[C@H](O)C/C=C\C/C=C/CCCC(=O)O[C@H](COC(=O)CCCCCCCCCCCCCC(C)C)COP(=O)(O)OP(=O)(O)OC[C@H]1O[C@@H](n2ccc(N)nc2=O)[C@H](O)[C@@H]1O. The number of hydrogen-bond donors (Lipinski definition) is 6. The summed E-state index contributed by atoms with van der Waals surface area (Å²) in [5.41, 5.74) is 4.57. The number of phosphoric acid groups is 2. The van der Waals surface area contributed by atoms with Gasteiger partial charge in [-0.25, -0.2) is 13.9 Å². The molecule has 400 valence electrons. The van der Waals surface area contributed by atoms with Crippen LogP contribution in [0.4, 0.5) is 5.82 Å². The second-order valence-electron chi connectivity index (χ2n) is 18.0. The monoisotopic (exact) mass is 1030 g/mol. The zero-order chi connectivity index (χ0) is 51.6. The van der Waals surface area contributed by atoms with Crippen LogP contribution in [0.5, 0.6) is 0 Å². The highest BCUT2D eigenvalue weighted by Gasteiger charge is 2.46. The Morgan fingerprint density at radius 1 is 0.800 bits per heavy atom. The summed E-state index contributed by atoms with van der Waals surface area (Å²) in [6.07, 6.45) is 28.1. The number of carbonyl (C=O) groups is 2. The summed E-state index contributed by atoms with van der Waals surface area (Å²) in [5, 5.41) is 31.0. The second-order valence-corrected chi connectivity index (χ2v) is 21.0. The molecule has 0 saturated carbocycles. The van der Waals surface area contributed by atoms with E-state index < -0.39 is 89.8 Å². The number of nitrogens with zero attached hydrogens (tertiary/aromatic N) is 2. The number of aliphatic hydroxyl groups excluding tert-OH is 3. The molecule has 1 aliphatic rings. The molecule has 0 amide bonds. The number of anilines is 1. The van der Waals surface area contributed by atoms with Crippen LogP contribution < -0.4 is 11.4 Å². The van der Waals surface area contributed by atoms with Crippen molar-refractivity contribution in [3.05, 3.63) is 71.4 Å². The Morgan fingerprint density at radius 2 is 1.43 bits per heavy atom. The number of nitrogens with two attached hydrogens (primary N) is 1. The van der Waals surface area contributed by atoms with Crippen molar-refractivity contribution in [3.63, 3.8) is 0 Å². The first kappa shape index (κ1) is 62.8. The molecule has 1 fully saturated rings. The lowest BCUT2D eigenvalue weighted by atomic mass is 10.0. The Kier molecular flexibility index (Phi) is 32.8. The van der Waals surface area contributed by atoms with Crippen LogP contribution in [-0.4, -0.2) is 96.9 Å². The molecule has 0 bridgehead atoms. The molecule has 2 unspecified atom stereocenters. The van der Waals surface area contributed by atoms with Gasteiger partial charge in [0, 0.05) is 19.0 Å². The van der Waals surface area contributed by atoms with Gasteiger partial charge in [0.25, 0.3) is 0 Å². The predicted molar refractivity (Wildman–Crippen MR) is 267 cm³/mol. The van der Waals surface area contributed by atoms with Crippen LogP contribution >= 0.6 is 15.6 Å². The lowest BCUT2D eigenvalue weighted by Crippen LogP contribution is -2.36. The number of phosphoric ester groups is 2. The average Bonchev–Trinajstić information content (AvgIpc) is 3.58. The van der Waals surface area contributed by atoms with E-state index >= 15 is 0 Å². The molecule has 1 aromatic rings. The van der Waals surface area contributed by atoms with Gasteiger partial charge in [0.05, 0.1) is 19.3 Å². The summed E-state index contributed by atoms with van der Waals surface area (Å²) < 4.78 is 56.6. The Bertz CT molecular complexity index is 1890. The number of ether oxygens (including phenoxy) is 3. The topological polar surface area (TPSA) is 286 Å². The predicted octanol–water partition coefficient (Wildman–Crippen LogP) is 8.99. The first-order valence-electron chi connectivity index (χ1n) is 25.1. The lowest BCUT2D eigenvalue weighted by molar-refractivity contribution is -0.161. The Hall–Kier alpha value is -3.32. The molecule has 70 heavy (non-hydrogen) atoms. The molecule has 0 spiro atoms. The molecule has 19 nitrogen and oxygen atoms in total. The fraction of sp³-hybridized carbons (Fsp3) is 0.714. The fourth-order valence-corrected chi connectivity index (χ4v) is 9.33. The van der Waals surface area contributed by atoms with Gasteiger partial charge in [0.15, 0.2) is 12.3 Å². The van der Waals surface area contributed by atoms with Gasteiger partial charge in [0.1, 0.15) is 30.7 Å². The number of hydrogen-bond acceptors (Lipinski definition) is 16. The van der Waals surface area contributed by atoms with E-state index in [0.717, 1.165) is 55.2 Å². The van der Waals surface area contributed by atoms with Gasteiger partial charge >= 0.3 is 33.3 Å². The molecule has 1 aliphatic heterocycles. The molecule has 7 N–H and O–H groups in total. The van der Waals surface area contributed by atoms with Gasteiger partial charge < -0.3 is 45.1 Å². The lowest BCUT2D eigenvalue weighted by Gasteiger charge is -2.21. The highest BCUT2D eigenvalue weighted by Crippen LogP contribution is 2.60. The third kappa shape index (κ3) is 29.9. The van der Waals surface area contributed by atoms with Gasteiger partial charge in [-0.1, -0.05) is 153 Å². The third-order valence-corrected chi connectivity index (χ3v) is 13.8. The van der Waals surface area contributed by atoms with Crippen LogP contribution in [0.3, 0.4) is 0 Å². The van der Waals surface area contributed by atoms with Crippen molar-refractivity contribution in [2.75, 3.05) is 25.6 Å². The molecule has 1 aromatic heterocycles. The normalized spacial score (nSPS) is 20.2. The van der Waals surface area contributed by atoms with Crippen molar-refractivity contribution >= 4 is 33.4 Å². The smallest absolute Gasteiger partial charge is 0.462 e. The van der Waals surface area contributed by atoms with Gasteiger partial charge in [0.2, 0.25) is 0 Å². The van der Waals surface area contributed by atoms with Crippen molar-refractivity contribution in [2.24, 2.45) is 5.92 Å². The summed E-state index contributed by atoms with van der Waals surface area (Å²) in [7, 11) is -10.9. The van der Waals surface area contributed by atoms with E-state index in [4.69, 9.17) is 29.0 Å². The minimum atomic E-state index is -5.45. The van der Waals surface area contributed by atoms with Crippen LogP contribution in [0.2, 0.25) is 0 Å².